The van der Waals surface area contributed by atoms with Gasteiger partial charge in [0.1, 0.15) is 5.69 Å². The van der Waals surface area contributed by atoms with Crippen molar-refractivity contribution >= 4 is 26.6 Å². The topological polar surface area (TPSA) is 71.3 Å². The van der Waals surface area contributed by atoms with Gasteiger partial charge in [0.25, 0.3) is 10.0 Å². The first-order valence-electron chi connectivity index (χ1n) is 11.9. The Balaban J connectivity index is 1.37. The normalized spacial score (nSPS) is 17.1. The van der Waals surface area contributed by atoms with Gasteiger partial charge in [-0.3, -0.25) is 9.97 Å². The van der Waals surface area contributed by atoms with Crippen LogP contribution in [-0.4, -0.2) is 60.5 Å². The zero-order chi connectivity index (χ0) is 25.0. The van der Waals surface area contributed by atoms with Crippen LogP contribution in [-0.2, 0) is 10.0 Å². The molecule has 0 unspecified atom stereocenters. The third-order valence-corrected chi connectivity index (χ3v) is 8.73. The molecule has 0 spiro atoms. The molecule has 1 saturated carbocycles. The van der Waals surface area contributed by atoms with Crippen molar-refractivity contribution in [1.29, 1.82) is 0 Å². The highest BCUT2D eigenvalue weighted by molar-refractivity contribution is 7.90. The van der Waals surface area contributed by atoms with Gasteiger partial charge >= 0.3 is 0 Å². The molecule has 0 radical (unpaired) electrons. The van der Waals surface area contributed by atoms with Gasteiger partial charge in [-0.15, -0.1) is 0 Å². The Morgan fingerprint density at radius 1 is 0.944 bits per heavy atom. The molecule has 1 aliphatic carbocycles. The highest BCUT2D eigenvalue weighted by Crippen LogP contribution is 2.40. The highest BCUT2D eigenvalue weighted by Gasteiger charge is 2.27. The molecule has 4 heterocycles. The van der Waals surface area contributed by atoms with E-state index in [2.05, 4.69) is 14.9 Å². The van der Waals surface area contributed by atoms with Gasteiger partial charge in [0, 0.05) is 55.7 Å². The number of piperazine rings is 1. The van der Waals surface area contributed by atoms with Crippen molar-refractivity contribution in [3.63, 3.8) is 0 Å². The molecule has 0 amide bonds. The maximum atomic E-state index is 15.1. The number of fused-ring (bicyclic) bond motifs is 1. The number of aromatic nitrogens is 3. The highest BCUT2D eigenvalue weighted by atomic mass is 32.2. The van der Waals surface area contributed by atoms with Crippen LogP contribution in [0.1, 0.15) is 24.3 Å². The minimum atomic E-state index is -4.28. The molecule has 1 aromatic carbocycles. The Morgan fingerprint density at radius 2 is 1.67 bits per heavy atom. The van der Waals surface area contributed by atoms with Crippen molar-refractivity contribution in [3.8, 4) is 11.3 Å². The Kier molecular flexibility index (Phi) is 5.53. The zero-order valence-corrected chi connectivity index (χ0v) is 20.5. The second-order valence-electron chi connectivity index (χ2n) is 9.51. The summed E-state index contributed by atoms with van der Waals surface area (Å²) < 4.78 is 58.1. The zero-order valence-electron chi connectivity index (χ0n) is 19.7. The average Bonchev–Trinajstić information content (AvgIpc) is 3.62. The molecule has 0 N–H and O–H groups in total. The van der Waals surface area contributed by atoms with E-state index in [0.29, 0.717) is 54.3 Å². The largest absolute Gasteiger partial charge is 0.364 e. The van der Waals surface area contributed by atoms with E-state index in [9.17, 15) is 8.42 Å². The van der Waals surface area contributed by atoms with E-state index in [-0.39, 0.29) is 5.69 Å². The number of pyridine rings is 2. The monoisotopic (exact) mass is 509 g/mol. The number of likely N-dealkylation sites (N-methyl/N-ethyl adjacent to an activating group) is 1. The predicted molar refractivity (Wildman–Crippen MR) is 134 cm³/mol. The first-order chi connectivity index (χ1) is 17.3. The van der Waals surface area contributed by atoms with Crippen molar-refractivity contribution in [2.75, 3.05) is 38.1 Å². The van der Waals surface area contributed by atoms with Gasteiger partial charge in [0.15, 0.2) is 11.6 Å². The smallest absolute Gasteiger partial charge is 0.268 e. The van der Waals surface area contributed by atoms with E-state index in [0.717, 1.165) is 16.1 Å². The molecule has 10 heteroatoms. The summed E-state index contributed by atoms with van der Waals surface area (Å²) in [6, 6.07) is 7.41. The molecule has 2 fully saturated rings. The van der Waals surface area contributed by atoms with Crippen LogP contribution in [0.5, 0.6) is 0 Å². The van der Waals surface area contributed by atoms with Gasteiger partial charge in [0.05, 0.1) is 22.3 Å². The van der Waals surface area contributed by atoms with E-state index in [1.807, 2.05) is 25.4 Å². The van der Waals surface area contributed by atoms with Crippen LogP contribution >= 0.6 is 0 Å². The number of halogens is 2. The van der Waals surface area contributed by atoms with Crippen molar-refractivity contribution < 1.29 is 17.2 Å². The minimum Gasteiger partial charge on any atom is -0.364 e. The third-order valence-electron chi connectivity index (χ3n) is 7.06. The summed E-state index contributed by atoms with van der Waals surface area (Å²) in [5, 5.41) is 0.634. The van der Waals surface area contributed by atoms with Crippen molar-refractivity contribution in [3.05, 3.63) is 72.3 Å². The van der Waals surface area contributed by atoms with E-state index < -0.39 is 26.6 Å². The molecule has 2 aliphatic rings. The SMILES string of the molecule is CN1CCN(c2c(F)cc(S(=O)(=O)n3ccc4c(-c5ccc(C6CC6)cn5)cncc43)cc2F)CC1. The predicted octanol–water partition coefficient (Wildman–Crippen LogP) is 4.24. The molecule has 0 bridgehead atoms. The molecule has 1 aliphatic heterocycles. The van der Waals surface area contributed by atoms with Gasteiger partial charge in [-0.25, -0.2) is 21.2 Å². The lowest BCUT2D eigenvalue weighted by atomic mass is 10.1. The summed E-state index contributed by atoms with van der Waals surface area (Å²) >= 11 is 0. The van der Waals surface area contributed by atoms with Gasteiger partial charge in [-0.05, 0) is 55.6 Å². The number of rotatable bonds is 5. The summed E-state index contributed by atoms with van der Waals surface area (Å²) in [6.45, 7) is 2.26. The standard InChI is InChI=1S/C26H25F2N5O2S/c1-31-8-10-32(11-9-31)26-22(27)12-19(13-23(26)28)36(34,35)33-7-6-20-21(15-29-16-25(20)33)24-5-4-18(14-30-24)17-2-3-17/h4-7,12-17H,2-3,8-11H2,1H3. The van der Waals surface area contributed by atoms with Crippen LogP contribution in [0.2, 0.25) is 0 Å². The Morgan fingerprint density at radius 3 is 2.31 bits per heavy atom. The average molecular weight is 510 g/mol. The van der Waals surface area contributed by atoms with Crippen LogP contribution < -0.4 is 4.90 Å². The van der Waals surface area contributed by atoms with Gasteiger partial charge in [0.2, 0.25) is 0 Å². The third kappa shape index (κ3) is 3.94. The molecular weight excluding hydrogens is 484 g/mol. The summed E-state index contributed by atoms with van der Waals surface area (Å²) in [5.74, 6) is -1.21. The van der Waals surface area contributed by atoms with Crippen LogP contribution in [0, 0.1) is 11.6 Å². The molecule has 6 rings (SSSR count). The summed E-state index contributed by atoms with van der Waals surface area (Å²) in [5.41, 5.74) is 2.68. The van der Waals surface area contributed by atoms with Crippen LogP contribution in [0.3, 0.4) is 0 Å². The van der Waals surface area contributed by atoms with Gasteiger partial charge < -0.3 is 9.80 Å². The minimum absolute atomic E-state index is 0.191. The van der Waals surface area contributed by atoms with Crippen LogP contribution in [0.15, 0.2) is 60.0 Å². The number of benzene rings is 1. The first-order valence-corrected chi connectivity index (χ1v) is 13.4. The fourth-order valence-corrected chi connectivity index (χ4v) is 6.16. The summed E-state index contributed by atoms with van der Waals surface area (Å²) in [4.78, 5) is 12.0. The van der Waals surface area contributed by atoms with E-state index in [1.165, 1.54) is 30.8 Å². The Hall–Kier alpha value is -3.37. The molecule has 3 aromatic heterocycles. The molecule has 7 nitrogen and oxygen atoms in total. The summed E-state index contributed by atoms with van der Waals surface area (Å²) in [7, 11) is -2.34. The lowest BCUT2D eigenvalue weighted by Crippen LogP contribution is -2.45. The van der Waals surface area contributed by atoms with Gasteiger partial charge in [-0.2, -0.15) is 0 Å². The number of nitrogens with zero attached hydrogens (tertiary/aromatic N) is 5. The summed E-state index contributed by atoms with van der Waals surface area (Å²) in [6.07, 6.45) is 8.66. The molecule has 1 saturated heterocycles. The second kappa shape index (κ2) is 8.63. The van der Waals surface area contributed by atoms with E-state index >= 15 is 8.78 Å². The quantitative estimate of drug-likeness (QED) is 0.401. The van der Waals surface area contributed by atoms with Gasteiger partial charge in [-0.1, -0.05) is 6.07 Å². The second-order valence-corrected chi connectivity index (χ2v) is 11.3. The molecule has 186 valence electrons. The maximum Gasteiger partial charge on any atom is 0.268 e. The number of anilines is 1. The van der Waals surface area contributed by atoms with Crippen molar-refractivity contribution in [2.24, 2.45) is 0 Å². The Bertz CT molecular complexity index is 1530. The molecule has 36 heavy (non-hydrogen) atoms. The molecular formula is C26H25F2N5O2S. The fourth-order valence-electron chi connectivity index (χ4n) is 4.81. The lowest BCUT2D eigenvalue weighted by Gasteiger charge is -2.34. The van der Waals surface area contributed by atoms with Crippen LogP contribution in [0.4, 0.5) is 14.5 Å². The van der Waals surface area contributed by atoms with Crippen LogP contribution in [0.25, 0.3) is 22.2 Å². The first kappa shape index (κ1) is 23.1. The molecule has 0 atom stereocenters. The number of hydrogen-bond donors (Lipinski definition) is 0. The number of hydrogen-bond acceptors (Lipinski definition) is 6. The lowest BCUT2D eigenvalue weighted by molar-refractivity contribution is 0.310. The van der Waals surface area contributed by atoms with Crippen molar-refractivity contribution in [1.82, 2.24) is 18.8 Å². The fraction of sp³-hybridized carbons (Fsp3) is 0.308. The molecule has 4 aromatic rings. The van der Waals surface area contributed by atoms with Crippen molar-refractivity contribution in [2.45, 2.75) is 23.7 Å². The Labute approximate surface area is 208 Å². The maximum absolute atomic E-state index is 15.1. The van der Waals surface area contributed by atoms with E-state index in [4.69, 9.17) is 0 Å². The van der Waals surface area contributed by atoms with E-state index in [1.54, 1.807) is 17.2 Å².